The highest BCUT2D eigenvalue weighted by molar-refractivity contribution is 5.97. The van der Waals surface area contributed by atoms with E-state index in [4.69, 9.17) is 4.74 Å². The first-order chi connectivity index (χ1) is 17.2. The van der Waals surface area contributed by atoms with E-state index in [1.54, 1.807) is 6.33 Å². The zero-order valence-electron chi connectivity index (χ0n) is 20.5. The largest absolute Gasteiger partial charge is 0.456 e. The Bertz CT molecular complexity index is 1260. The Balaban J connectivity index is 1.38. The number of H-pyrrole nitrogens is 1. The lowest BCUT2D eigenvalue weighted by Crippen LogP contribution is -2.40. The molecule has 3 aliphatic rings. The molecule has 2 aromatic carbocycles. The SMILES string of the molecule is CCN(CC)C(=O)c1ccc2c(c1)Oc1ccccc1C2=C1CC2CCC(C1)N2Cc1cnc[nH]1. The third-order valence-corrected chi connectivity index (χ3v) is 7.92. The van der Waals surface area contributed by atoms with Crippen LogP contribution in [0.5, 0.6) is 11.5 Å². The molecule has 0 aliphatic carbocycles. The van der Waals surface area contributed by atoms with Gasteiger partial charge < -0.3 is 14.6 Å². The number of para-hydroxylation sites is 1. The van der Waals surface area contributed by atoms with E-state index in [0.29, 0.717) is 30.7 Å². The number of benzene rings is 2. The van der Waals surface area contributed by atoms with Crippen molar-refractivity contribution in [2.75, 3.05) is 13.1 Å². The summed E-state index contributed by atoms with van der Waals surface area (Å²) in [6, 6.07) is 15.4. The van der Waals surface area contributed by atoms with Crippen LogP contribution in [-0.2, 0) is 6.54 Å². The van der Waals surface area contributed by atoms with Gasteiger partial charge in [0, 0.05) is 60.3 Å². The van der Waals surface area contributed by atoms with Crippen LogP contribution in [0.25, 0.3) is 5.57 Å². The lowest BCUT2D eigenvalue weighted by atomic mass is 9.83. The number of nitrogens with one attached hydrogen (secondary N) is 1. The van der Waals surface area contributed by atoms with Crippen molar-refractivity contribution in [3.05, 3.63) is 82.9 Å². The first-order valence-electron chi connectivity index (χ1n) is 12.8. The van der Waals surface area contributed by atoms with Crippen molar-refractivity contribution in [2.45, 2.75) is 58.2 Å². The summed E-state index contributed by atoms with van der Waals surface area (Å²) in [7, 11) is 0. The van der Waals surface area contributed by atoms with E-state index in [2.05, 4.69) is 33.1 Å². The number of piperidine rings is 1. The summed E-state index contributed by atoms with van der Waals surface area (Å²) in [5.74, 6) is 1.72. The molecule has 2 bridgehead atoms. The van der Waals surface area contributed by atoms with Gasteiger partial charge in [0.2, 0.25) is 0 Å². The Hall–Kier alpha value is -3.38. The summed E-state index contributed by atoms with van der Waals surface area (Å²) in [4.78, 5) is 25.0. The second kappa shape index (κ2) is 9.00. The summed E-state index contributed by atoms with van der Waals surface area (Å²) in [6.07, 6.45) is 8.30. The van der Waals surface area contributed by atoms with Gasteiger partial charge in [-0.25, -0.2) is 4.98 Å². The van der Waals surface area contributed by atoms with Crippen LogP contribution in [0.3, 0.4) is 0 Å². The number of aromatic amines is 1. The lowest BCUT2D eigenvalue weighted by Gasteiger charge is -2.38. The van der Waals surface area contributed by atoms with Crippen molar-refractivity contribution in [2.24, 2.45) is 0 Å². The molecule has 2 fully saturated rings. The fraction of sp³-hybridized carbons (Fsp3) is 0.379. The molecule has 1 aromatic heterocycles. The zero-order chi connectivity index (χ0) is 23.9. The van der Waals surface area contributed by atoms with Crippen LogP contribution in [0.1, 0.15) is 66.7 Å². The van der Waals surface area contributed by atoms with Gasteiger partial charge >= 0.3 is 0 Å². The standard InChI is InChI=1S/C29H32N4O2/c1-3-32(4-2)29(34)19-9-12-25-27(15-19)35-26-8-6-5-7-24(26)28(25)20-13-22-10-11-23(14-20)33(22)17-21-16-30-18-31-21/h5-9,12,15-16,18,22-23H,3-4,10-11,13-14,17H2,1-2H3,(H,30,31). The highest BCUT2D eigenvalue weighted by Gasteiger charge is 2.40. The molecule has 6 heteroatoms. The second-order valence-electron chi connectivity index (χ2n) is 9.81. The third kappa shape index (κ3) is 3.86. The van der Waals surface area contributed by atoms with Gasteiger partial charge in [-0.1, -0.05) is 23.8 Å². The molecule has 6 rings (SSSR count). The van der Waals surface area contributed by atoms with Gasteiger partial charge in [0.25, 0.3) is 5.91 Å². The molecule has 3 aliphatic heterocycles. The topological polar surface area (TPSA) is 61.5 Å². The molecule has 2 saturated heterocycles. The highest BCUT2D eigenvalue weighted by Crippen LogP contribution is 2.49. The Kier molecular flexibility index (Phi) is 5.69. The van der Waals surface area contributed by atoms with E-state index in [0.717, 1.165) is 36.4 Å². The smallest absolute Gasteiger partial charge is 0.253 e. The first kappa shape index (κ1) is 22.1. The quantitative estimate of drug-likeness (QED) is 0.413. The number of ether oxygens (including phenoxy) is 1. The molecule has 0 radical (unpaired) electrons. The van der Waals surface area contributed by atoms with Crippen LogP contribution in [0.4, 0.5) is 0 Å². The molecule has 2 atom stereocenters. The Morgan fingerprint density at radius 3 is 2.51 bits per heavy atom. The Labute approximate surface area is 206 Å². The molecule has 1 amide bonds. The zero-order valence-corrected chi connectivity index (χ0v) is 20.5. The first-order valence-corrected chi connectivity index (χ1v) is 12.8. The molecule has 0 saturated carbocycles. The number of nitrogens with zero attached hydrogens (tertiary/aromatic N) is 3. The van der Waals surface area contributed by atoms with Crippen molar-refractivity contribution in [1.82, 2.24) is 19.8 Å². The van der Waals surface area contributed by atoms with E-state index in [1.807, 2.05) is 49.2 Å². The monoisotopic (exact) mass is 468 g/mol. The Morgan fingerprint density at radius 1 is 1.06 bits per heavy atom. The number of hydrogen-bond donors (Lipinski definition) is 1. The predicted molar refractivity (Wildman–Crippen MR) is 136 cm³/mol. The lowest BCUT2D eigenvalue weighted by molar-refractivity contribution is 0.0772. The van der Waals surface area contributed by atoms with E-state index < -0.39 is 0 Å². The molecule has 2 unspecified atom stereocenters. The van der Waals surface area contributed by atoms with Crippen LogP contribution in [0.2, 0.25) is 0 Å². The van der Waals surface area contributed by atoms with Gasteiger partial charge in [0.05, 0.1) is 6.33 Å². The number of imidazole rings is 1. The number of aromatic nitrogens is 2. The average molecular weight is 469 g/mol. The Morgan fingerprint density at radius 2 is 1.80 bits per heavy atom. The van der Waals surface area contributed by atoms with Gasteiger partial charge in [0.1, 0.15) is 11.5 Å². The fourth-order valence-corrected chi connectivity index (χ4v) is 6.18. The molecule has 35 heavy (non-hydrogen) atoms. The normalized spacial score (nSPS) is 20.9. The van der Waals surface area contributed by atoms with Gasteiger partial charge in [0.15, 0.2) is 0 Å². The van der Waals surface area contributed by atoms with Gasteiger partial charge in [-0.2, -0.15) is 0 Å². The minimum atomic E-state index is 0.0552. The predicted octanol–water partition coefficient (Wildman–Crippen LogP) is 5.63. The molecule has 180 valence electrons. The van der Waals surface area contributed by atoms with Gasteiger partial charge in [-0.15, -0.1) is 0 Å². The van der Waals surface area contributed by atoms with Gasteiger partial charge in [-0.05, 0) is 69.4 Å². The minimum Gasteiger partial charge on any atom is -0.456 e. The summed E-state index contributed by atoms with van der Waals surface area (Å²) < 4.78 is 6.37. The molecule has 6 nitrogen and oxygen atoms in total. The second-order valence-corrected chi connectivity index (χ2v) is 9.81. The average Bonchev–Trinajstić information content (AvgIpc) is 3.47. The molecule has 0 spiro atoms. The van der Waals surface area contributed by atoms with Crippen LogP contribution >= 0.6 is 0 Å². The van der Waals surface area contributed by atoms with Crippen molar-refractivity contribution in [3.63, 3.8) is 0 Å². The number of fused-ring (bicyclic) bond motifs is 4. The minimum absolute atomic E-state index is 0.0552. The van der Waals surface area contributed by atoms with Crippen molar-refractivity contribution in [3.8, 4) is 11.5 Å². The summed E-state index contributed by atoms with van der Waals surface area (Å²) >= 11 is 0. The van der Waals surface area contributed by atoms with Crippen LogP contribution in [0.15, 0.2) is 60.6 Å². The summed E-state index contributed by atoms with van der Waals surface area (Å²) in [6.45, 7) is 6.36. The maximum atomic E-state index is 13.0. The summed E-state index contributed by atoms with van der Waals surface area (Å²) in [5.41, 5.74) is 6.96. The van der Waals surface area contributed by atoms with Crippen LogP contribution in [-0.4, -0.2) is 50.8 Å². The van der Waals surface area contributed by atoms with Crippen molar-refractivity contribution >= 4 is 11.5 Å². The van der Waals surface area contributed by atoms with E-state index >= 15 is 0 Å². The maximum Gasteiger partial charge on any atom is 0.253 e. The molecular formula is C29H32N4O2. The fourth-order valence-electron chi connectivity index (χ4n) is 6.18. The number of carbonyl (C=O) groups is 1. The molecular weight excluding hydrogens is 436 g/mol. The third-order valence-electron chi connectivity index (χ3n) is 7.92. The van der Waals surface area contributed by atoms with Gasteiger partial charge in [-0.3, -0.25) is 9.69 Å². The maximum absolute atomic E-state index is 13.0. The van der Waals surface area contributed by atoms with Crippen LogP contribution in [0, 0.1) is 0 Å². The number of hydrogen-bond acceptors (Lipinski definition) is 4. The number of rotatable bonds is 5. The van der Waals surface area contributed by atoms with E-state index in [-0.39, 0.29) is 5.91 Å². The highest BCUT2D eigenvalue weighted by atomic mass is 16.5. The van der Waals surface area contributed by atoms with Crippen LogP contribution < -0.4 is 4.74 Å². The van der Waals surface area contributed by atoms with E-state index in [1.165, 1.54) is 35.2 Å². The molecule has 3 aromatic rings. The molecule has 4 heterocycles. The number of carbonyl (C=O) groups excluding carboxylic acids is 1. The molecule has 1 N–H and O–H groups in total. The van der Waals surface area contributed by atoms with Crippen molar-refractivity contribution < 1.29 is 9.53 Å². The number of amides is 1. The van der Waals surface area contributed by atoms with Crippen molar-refractivity contribution in [1.29, 1.82) is 0 Å². The van der Waals surface area contributed by atoms with E-state index in [9.17, 15) is 4.79 Å². The summed E-state index contributed by atoms with van der Waals surface area (Å²) in [5, 5.41) is 0.